The highest BCUT2D eigenvalue weighted by molar-refractivity contribution is 5.99. The van der Waals surface area contributed by atoms with Crippen LogP contribution in [0.3, 0.4) is 0 Å². The van der Waals surface area contributed by atoms with Crippen LogP contribution in [0.2, 0.25) is 0 Å². The summed E-state index contributed by atoms with van der Waals surface area (Å²) in [6.45, 7) is 11.5. The molecule has 0 amide bonds. The topological polar surface area (TPSA) is 34.0 Å². The van der Waals surface area contributed by atoms with Crippen molar-refractivity contribution in [3.8, 4) is 0 Å². The fraction of sp³-hybridized carbons (Fsp3) is 0.450. The van der Waals surface area contributed by atoms with Crippen LogP contribution in [-0.4, -0.2) is 23.4 Å². The predicted octanol–water partition coefficient (Wildman–Crippen LogP) is 4.01. The SMILES string of the molecule is Cc1cc(C(=O)CNCCc2ccc(F)cc2)c(C)n1C(C)(C)C. The maximum Gasteiger partial charge on any atom is 0.178 e. The largest absolute Gasteiger partial charge is 0.343 e. The zero-order valence-electron chi connectivity index (χ0n) is 15.2. The molecule has 0 saturated heterocycles. The number of hydrogen-bond donors (Lipinski definition) is 1. The van der Waals surface area contributed by atoms with Gasteiger partial charge in [-0.1, -0.05) is 12.1 Å². The van der Waals surface area contributed by atoms with Gasteiger partial charge in [-0.05, 0) is 71.3 Å². The van der Waals surface area contributed by atoms with Crippen LogP contribution in [0.15, 0.2) is 30.3 Å². The molecule has 0 aliphatic carbocycles. The lowest BCUT2D eigenvalue weighted by molar-refractivity contribution is 0.0990. The van der Waals surface area contributed by atoms with E-state index in [9.17, 15) is 9.18 Å². The van der Waals surface area contributed by atoms with E-state index in [0.717, 1.165) is 28.9 Å². The number of nitrogens with zero attached hydrogens (tertiary/aromatic N) is 1. The molecule has 2 rings (SSSR count). The lowest BCUT2D eigenvalue weighted by Gasteiger charge is -2.25. The van der Waals surface area contributed by atoms with Gasteiger partial charge in [-0.25, -0.2) is 4.39 Å². The van der Waals surface area contributed by atoms with Gasteiger partial charge in [0.25, 0.3) is 0 Å². The Labute approximate surface area is 143 Å². The van der Waals surface area contributed by atoms with E-state index >= 15 is 0 Å². The summed E-state index contributed by atoms with van der Waals surface area (Å²) in [7, 11) is 0. The Morgan fingerprint density at radius 2 is 1.79 bits per heavy atom. The van der Waals surface area contributed by atoms with Crippen LogP contribution in [0.25, 0.3) is 0 Å². The van der Waals surface area contributed by atoms with E-state index in [0.29, 0.717) is 13.1 Å². The van der Waals surface area contributed by atoms with Crippen LogP contribution < -0.4 is 5.32 Å². The van der Waals surface area contributed by atoms with E-state index in [1.807, 2.05) is 19.9 Å². The second kappa shape index (κ2) is 7.31. The first-order valence-electron chi connectivity index (χ1n) is 8.38. The minimum atomic E-state index is -0.226. The van der Waals surface area contributed by atoms with E-state index in [-0.39, 0.29) is 17.1 Å². The van der Waals surface area contributed by atoms with Crippen molar-refractivity contribution < 1.29 is 9.18 Å². The molecule has 0 unspecified atom stereocenters. The van der Waals surface area contributed by atoms with Crippen molar-refractivity contribution >= 4 is 5.78 Å². The number of Topliss-reactive ketones (excluding diaryl/α,β-unsaturated/α-hetero) is 1. The van der Waals surface area contributed by atoms with Gasteiger partial charge >= 0.3 is 0 Å². The number of rotatable bonds is 6. The average Bonchev–Trinajstić information content (AvgIpc) is 2.80. The summed E-state index contributed by atoms with van der Waals surface area (Å²) in [6, 6.07) is 8.44. The van der Waals surface area contributed by atoms with Crippen LogP contribution >= 0.6 is 0 Å². The van der Waals surface area contributed by atoms with Crippen molar-refractivity contribution in [2.75, 3.05) is 13.1 Å². The third kappa shape index (κ3) is 4.32. The quantitative estimate of drug-likeness (QED) is 0.641. The molecule has 0 bridgehead atoms. The number of aromatic nitrogens is 1. The fourth-order valence-corrected chi connectivity index (χ4v) is 3.26. The zero-order chi connectivity index (χ0) is 17.9. The molecule has 0 aliphatic heterocycles. The highest BCUT2D eigenvalue weighted by Gasteiger charge is 2.22. The van der Waals surface area contributed by atoms with Crippen LogP contribution in [0.5, 0.6) is 0 Å². The zero-order valence-corrected chi connectivity index (χ0v) is 15.2. The molecular formula is C20H27FN2O. The van der Waals surface area contributed by atoms with E-state index < -0.39 is 0 Å². The Bertz CT molecular complexity index is 708. The van der Waals surface area contributed by atoms with Gasteiger partial charge in [-0.15, -0.1) is 0 Å². The van der Waals surface area contributed by atoms with Gasteiger partial charge in [0.2, 0.25) is 0 Å². The first kappa shape index (κ1) is 18.4. The lowest BCUT2D eigenvalue weighted by Crippen LogP contribution is -2.27. The summed E-state index contributed by atoms with van der Waals surface area (Å²) in [5.74, 6) is -0.117. The summed E-state index contributed by atoms with van der Waals surface area (Å²) in [6.07, 6.45) is 0.772. The van der Waals surface area contributed by atoms with E-state index in [1.54, 1.807) is 12.1 Å². The number of carbonyl (C=O) groups excluding carboxylic acids is 1. The Hall–Kier alpha value is -1.94. The minimum absolute atomic E-state index is 0.0390. The lowest BCUT2D eigenvalue weighted by atomic mass is 10.1. The molecule has 4 heteroatoms. The monoisotopic (exact) mass is 330 g/mol. The van der Waals surface area contributed by atoms with Crippen LogP contribution in [0, 0.1) is 19.7 Å². The summed E-state index contributed by atoms with van der Waals surface area (Å²) in [4.78, 5) is 12.5. The number of hydrogen-bond acceptors (Lipinski definition) is 2. The predicted molar refractivity (Wildman–Crippen MR) is 96.2 cm³/mol. The molecule has 0 aliphatic rings. The van der Waals surface area contributed by atoms with E-state index in [1.165, 1.54) is 12.1 Å². The van der Waals surface area contributed by atoms with Gasteiger partial charge in [0.05, 0.1) is 6.54 Å². The molecule has 0 atom stereocenters. The van der Waals surface area contributed by atoms with Gasteiger partial charge in [0, 0.05) is 22.5 Å². The number of carbonyl (C=O) groups is 1. The third-order valence-electron chi connectivity index (χ3n) is 4.19. The van der Waals surface area contributed by atoms with Crippen molar-refractivity contribution in [2.24, 2.45) is 0 Å². The molecule has 1 aromatic carbocycles. The maximum absolute atomic E-state index is 12.9. The number of halogens is 1. The van der Waals surface area contributed by atoms with Gasteiger partial charge in [-0.3, -0.25) is 4.79 Å². The summed E-state index contributed by atoms with van der Waals surface area (Å²) in [5, 5.41) is 3.19. The molecule has 2 aromatic rings. The highest BCUT2D eigenvalue weighted by Crippen LogP contribution is 2.24. The summed E-state index contributed by atoms with van der Waals surface area (Å²) >= 11 is 0. The highest BCUT2D eigenvalue weighted by atomic mass is 19.1. The normalized spacial score (nSPS) is 11.8. The molecule has 0 saturated carbocycles. The summed E-state index contributed by atoms with van der Waals surface area (Å²) in [5.41, 5.74) is 3.93. The molecule has 0 radical (unpaired) electrons. The second-order valence-electron chi connectivity index (χ2n) is 7.27. The molecule has 0 fully saturated rings. The fourth-order valence-electron chi connectivity index (χ4n) is 3.26. The van der Waals surface area contributed by atoms with Crippen molar-refractivity contribution in [2.45, 2.75) is 46.6 Å². The molecule has 24 heavy (non-hydrogen) atoms. The Morgan fingerprint density at radius 3 is 2.33 bits per heavy atom. The first-order valence-corrected chi connectivity index (χ1v) is 8.38. The van der Waals surface area contributed by atoms with E-state index in [2.05, 4.69) is 30.7 Å². The molecule has 1 N–H and O–H groups in total. The van der Waals surface area contributed by atoms with E-state index in [4.69, 9.17) is 0 Å². The Morgan fingerprint density at radius 1 is 1.17 bits per heavy atom. The second-order valence-corrected chi connectivity index (χ2v) is 7.27. The standard InChI is InChI=1S/C20H27FN2O/c1-14-12-18(15(2)23(14)20(3,4)5)19(24)13-22-11-10-16-6-8-17(21)9-7-16/h6-9,12,22H,10-11,13H2,1-5H3. The number of ketones is 1. The van der Waals surface area contributed by atoms with Crippen LogP contribution in [0.4, 0.5) is 4.39 Å². The minimum Gasteiger partial charge on any atom is -0.343 e. The van der Waals surface area contributed by atoms with Crippen molar-refractivity contribution in [3.63, 3.8) is 0 Å². The first-order chi connectivity index (χ1) is 11.2. The Balaban J connectivity index is 1.92. The van der Waals surface area contributed by atoms with Crippen molar-refractivity contribution in [1.29, 1.82) is 0 Å². The van der Waals surface area contributed by atoms with Gasteiger partial charge < -0.3 is 9.88 Å². The molecule has 130 valence electrons. The summed E-state index contributed by atoms with van der Waals surface area (Å²) < 4.78 is 15.1. The van der Waals surface area contributed by atoms with Gasteiger partial charge in [0.15, 0.2) is 5.78 Å². The number of nitrogens with one attached hydrogen (secondary N) is 1. The molecule has 1 aromatic heterocycles. The average molecular weight is 330 g/mol. The van der Waals surface area contributed by atoms with Crippen molar-refractivity contribution in [3.05, 3.63) is 58.7 Å². The number of aryl methyl sites for hydroxylation is 1. The smallest absolute Gasteiger partial charge is 0.178 e. The molecular weight excluding hydrogens is 303 g/mol. The van der Waals surface area contributed by atoms with Gasteiger partial charge in [0.1, 0.15) is 5.82 Å². The maximum atomic E-state index is 12.9. The molecule has 1 heterocycles. The van der Waals surface area contributed by atoms with Crippen LogP contribution in [0.1, 0.15) is 48.1 Å². The third-order valence-corrected chi connectivity index (χ3v) is 4.19. The molecule has 0 spiro atoms. The Kier molecular flexibility index (Phi) is 5.60. The molecule has 3 nitrogen and oxygen atoms in total. The van der Waals surface area contributed by atoms with Crippen LogP contribution in [-0.2, 0) is 12.0 Å². The number of benzene rings is 1. The van der Waals surface area contributed by atoms with Gasteiger partial charge in [-0.2, -0.15) is 0 Å². The van der Waals surface area contributed by atoms with Crippen molar-refractivity contribution in [1.82, 2.24) is 9.88 Å².